The molecule has 0 saturated heterocycles. The standard InChI is InChI=1S/C20H26FN3O5S/c1-11(2)9-15(19(27)29-4)22-14(18(26)28-3)7-8-17(25)24-20-23-13-6-5-12(21)10-16(13)30-20/h5-6,10-11,14-15,22H,7-9H2,1-4H3,(H,23,24,25). The molecule has 2 aromatic rings. The number of ether oxygens (including phenoxy) is 2. The first-order chi connectivity index (χ1) is 14.2. The van der Waals surface area contributed by atoms with E-state index < -0.39 is 24.0 Å². The van der Waals surface area contributed by atoms with Crippen LogP contribution in [-0.2, 0) is 23.9 Å². The van der Waals surface area contributed by atoms with Crippen molar-refractivity contribution in [3.05, 3.63) is 24.0 Å². The van der Waals surface area contributed by atoms with Crippen LogP contribution in [0.25, 0.3) is 10.2 Å². The van der Waals surface area contributed by atoms with Gasteiger partial charge in [0.1, 0.15) is 17.9 Å². The number of anilines is 1. The van der Waals surface area contributed by atoms with E-state index in [9.17, 15) is 18.8 Å². The Balaban J connectivity index is 2.00. The van der Waals surface area contributed by atoms with Crippen LogP contribution in [0.15, 0.2) is 18.2 Å². The summed E-state index contributed by atoms with van der Waals surface area (Å²) in [6.07, 6.45) is 0.574. The van der Waals surface area contributed by atoms with Gasteiger partial charge in [-0.3, -0.25) is 19.7 Å². The summed E-state index contributed by atoms with van der Waals surface area (Å²) in [6.45, 7) is 3.89. The third-order valence-electron chi connectivity index (χ3n) is 4.34. The number of hydrogen-bond acceptors (Lipinski definition) is 8. The molecule has 0 aliphatic rings. The number of methoxy groups -OCH3 is 2. The van der Waals surface area contributed by atoms with Gasteiger partial charge in [0.15, 0.2) is 5.13 Å². The summed E-state index contributed by atoms with van der Waals surface area (Å²) >= 11 is 1.16. The molecule has 0 bridgehead atoms. The number of benzene rings is 1. The summed E-state index contributed by atoms with van der Waals surface area (Å²) in [7, 11) is 2.52. The molecule has 164 valence electrons. The average Bonchev–Trinajstić information content (AvgIpc) is 3.09. The fraction of sp³-hybridized carbons (Fsp3) is 0.500. The highest BCUT2D eigenvalue weighted by atomic mass is 32.1. The minimum Gasteiger partial charge on any atom is -0.468 e. The lowest BCUT2D eigenvalue weighted by atomic mass is 10.0. The Labute approximate surface area is 178 Å². The lowest BCUT2D eigenvalue weighted by Gasteiger charge is -2.23. The van der Waals surface area contributed by atoms with Crippen LogP contribution in [0.4, 0.5) is 9.52 Å². The van der Waals surface area contributed by atoms with E-state index in [1.54, 1.807) is 0 Å². The van der Waals surface area contributed by atoms with Crippen molar-refractivity contribution in [1.82, 2.24) is 10.3 Å². The molecule has 0 aliphatic carbocycles. The molecule has 0 radical (unpaired) electrons. The molecule has 0 saturated carbocycles. The number of nitrogens with one attached hydrogen (secondary N) is 2. The highest BCUT2D eigenvalue weighted by molar-refractivity contribution is 7.22. The molecule has 1 aromatic heterocycles. The number of aromatic nitrogens is 1. The molecule has 1 aromatic carbocycles. The molecule has 1 amide bonds. The van der Waals surface area contributed by atoms with Gasteiger partial charge >= 0.3 is 11.9 Å². The van der Waals surface area contributed by atoms with E-state index in [2.05, 4.69) is 15.6 Å². The Morgan fingerprint density at radius 2 is 1.80 bits per heavy atom. The van der Waals surface area contributed by atoms with Gasteiger partial charge in [0, 0.05) is 6.42 Å². The zero-order valence-electron chi connectivity index (χ0n) is 17.4. The van der Waals surface area contributed by atoms with E-state index in [1.165, 1.54) is 32.4 Å². The van der Waals surface area contributed by atoms with Gasteiger partial charge in [-0.05, 0) is 37.0 Å². The number of hydrogen-bond donors (Lipinski definition) is 2. The normalized spacial score (nSPS) is 13.1. The van der Waals surface area contributed by atoms with E-state index in [-0.39, 0.29) is 30.5 Å². The summed E-state index contributed by atoms with van der Waals surface area (Å²) in [4.78, 5) is 40.8. The third kappa shape index (κ3) is 6.74. The average molecular weight is 440 g/mol. The van der Waals surface area contributed by atoms with Crippen LogP contribution < -0.4 is 10.6 Å². The summed E-state index contributed by atoms with van der Waals surface area (Å²) in [5.41, 5.74) is 0.584. The summed E-state index contributed by atoms with van der Waals surface area (Å²) in [6, 6.07) is 2.64. The maximum absolute atomic E-state index is 13.3. The third-order valence-corrected chi connectivity index (χ3v) is 5.27. The number of thiazole rings is 1. The van der Waals surface area contributed by atoms with Crippen LogP contribution in [0.2, 0.25) is 0 Å². The van der Waals surface area contributed by atoms with Crippen LogP contribution in [-0.4, -0.2) is 49.1 Å². The van der Waals surface area contributed by atoms with Crippen molar-refractivity contribution >= 4 is 44.5 Å². The summed E-state index contributed by atoms with van der Waals surface area (Å²) in [5.74, 6) is -1.60. The molecule has 2 N–H and O–H groups in total. The van der Waals surface area contributed by atoms with Crippen molar-refractivity contribution in [3.8, 4) is 0 Å². The van der Waals surface area contributed by atoms with Crippen molar-refractivity contribution in [3.63, 3.8) is 0 Å². The van der Waals surface area contributed by atoms with E-state index in [0.717, 1.165) is 11.3 Å². The zero-order chi connectivity index (χ0) is 22.3. The number of amides is 1. The SMILES string of the molecule is COC(=O)C(CCC(=O)Nc1nc2ccc(F)cc2s1)NC(CC(C)C)C(=O)OC. The van der Waals surface area contributed by atoms with Crippen LogP contribution in [0, 0.1) is 11.7 Å². The van der Waals surface area contributed by atoms with Gasteiger partial charge in [-0.1, -0.05) is 25.2 Å². The molecule has 2 unspecified atom stereocenters. The van der Waals surface area contributed by atoms with Crippen molar-refractivity contribution in [2.24, 2.45) is 5.92 Å². The van der Waals surface area contributed by atoms with Gasteiger partial charge in [0.05, 0.1) is 24.4 Å². The maximum Gasteiger partial charge on any atom is 0.322 e. The summed E-state index contributed by atoms with van der Waals surface area (Å²) in [5, 5.41) is 5.95. The largest absolute Gasteiger partial charge is 0.468 e. The van der Waals surface area contributed by atoms with Crippen LogP contribution in [0.1, 0.15) is 33.1 Å². The Hall–Kier alpha value is -2.59. The Morgan fingerprint density at radius 3 is 2.43 bits per heavy atom. The topological polar surface area (TPSA) is 107 Å². The summed E-state index contributed by atoms with van der Waals surface area (Å²) < 4.78 is 23.5. The molecule has 10 heteroatoms. The highest BCUT2D eigenvalue weighted by Crippen LogP contribution is 2.26. The highest BCUT2D eigenvalue weighted by Gasteiger charge is 2.28. The number of fused-ring (bicyclic) bond motifs is 1. The second-order valence-corrected chi connectivity index (χ2v) is 8.20. The fourth-order valence-electron chi connectivity index (χ4n) is 2.91. The van der Waals surface area contributed by atoms with E-state index in [4.69, 9.17) is 9.47 Å². The van der Waals surface area contributed by atoms with Gasteiger partial charge < -0.3 is 14.8 Å². The first kappa shape index (κ1) is 23.7. The number of carbonyl (C=O) groups is 3. The molecule has 8 nitrogen and oxygen atoms in total. The molecule has 0 aliphatic heterocycles. The molecule has 2 atom stereocenters. The number of nitrogens with zero attached hydrogens (tertiary/aromatic N) is 1. The second-order valence-electron chi connectivity index (χ2n) is 7.17. The minimum atomic E-state index is -0.854. The van der Waals surface area contributed by atoms with Gasteiger partial charge in [-0.15, -0.1) is 0 Å². The van der Waals surface area contributed by atoms with Gasteiger partial charge in [0.25, 0.3) is 0 Å². The molecule has 2 rings (SSSR count). The van der Waals surface area contributed by atoms with Gasteiger partial charge in [-0.25, -0.2) is 9.37 Å². The molecular formula is C20H26FN3O5S. The predicted octanol–water partition coefficient (Wildman–Crippen LogP) is 2.87. The zero-order valence-corrected chi connectivity index (χ0v) is 18.2. The smallest absolute Gasteiger partial charge is 0.322 e. The minimum absolute atomic E-state index is 0.00732. The Bertz CT molecular complexity index is 902. The second kappa shape index (κ2) is 11.0. The first-order valence-corrected chi connectivity index (χ1v) is 10.3. The number of rotatable bonds is 10. The number of esters is 2. The van der Waals surface area contributed by atoms with Crippen LogP contribution in [0.5, 0.6) is 0 Å². The van der Waals surface area contributed by atoms with Crippen molar-refractivity contribution in [2.45, 2.75) is 45.2 Å². The van der Waals surface area contributed by atoms with E-state index >= 15 is 0 Å². The Kier molecular flexibility index (Phi) is 8.67. The molecule has 30 heavy (non-hydrogen) atoms. The molecule has 0 fully saturated rings. The number of halogens is 1. The van der Waals surface area contributed by atoms with Gasteiger partial charge in [0.2, 0.25) is 5.91 Å². The molecule has 0 spiro atoms. The molecule has 1 heterocycles. The van der Waals surface area contributed by atoms with Crippen molar-refractivity contribution in [2.75, 3.05) is 19.5 Å². The van der Waals surface area contributed by atoms with Crippen molar-refractivity contribution < 1.29 is 28.2 Å². The van der Waals surface area contributed by atoms with Crippen molar-refractivity contribution in [1.29, 1.82) is 0 Å². The lowest BCUT2D eigenvalue weighted by molar-refractivity contribution is -0.146. The maximum atomic E-state index is 13.3. The predicted molar refractivity (Wildman–Crippen MR) is 112 cm³/mol. The van der Waals surface area contributed by atoms with E-state index in [0.29, 0.717) is 21.8 Å². The van der Waals surface area contributed by atoms with Gasteiger partial charge in [-0.2, -0.15) is 0 Å². The Morgan fingerprint density at radius 1 is 1.13 bits per heavy atom. The quantitative estimate of drug-likeness (QED) is 0.548. The first-order valence-electron chi connectivity index (χ1n) is 9.51. The lowest BCUT2D eigenvalue weighted by Crippen LogP contribution is -2.48. The monoisotopic (exact) mass is 439 g/mol. The van der Waals surface area contributed by atoms with Crippen LogP contribution in [0.3, 0.4) is 0 Å². The molecular weight excluding hydrogens is 413 g/mol. The van der Waals surface area contributed by atoms with E-state index in [1.807, 2.05) is 13.8 Å². The van der Waals surface area contributed by atoms with Crippen LogP contribution >= 0.6 is 11.3 Å². The number of carbonyl (C=O) groups excluding carboxylic acids is 3. The fourth-order valence-corrected chi connectivity index (χ4v) is 3.82.